The summed E-state index contributed by atoms with van der Waals surface area (Å²) in [4.78, 5) is 66.3. The molecule has 3 saturated carbocycles. The molecule has 3 aliphatic carbocycles. The molecule has 5 aliphatic rings. The minimum atomic E-state index is -1.30. The molecule has 6 rings (SSSR count). The Morgan fingerprint density at radius 1 is 0.907 bits per heavy atom. The van der Waals surface area contributed by atoms with Gasteiger partial charge in [0.2, 0.25) is 0 Å². The molecule has 5 fully saturated rings. The van der Waals surface area contributed by atoms with Gasteiger partial charge in [-0.05, 0) is 38.8 Å². The first kappa shape index (κ1) is 29.8. The molecule has 43 heavy (non-hydrogen) atoms. The lowest BCUT2D eigenvalue weighted by atomic mass is 9.36. The lowest BCUT2D eigenvalue weighted by Gasteiger charge is -2.67. The molecule has 11 heteroatoms. The number of epoxide rings is 1. The van der Waals surface area contributed by atoms with Crippen LogP contribution < -0.4 is 0 Å². The van der Waals surface area contributed by atoms with E-state index in [0.29, 0.717) is 6.42 Å². The monoisotopic (exact) mass is 600 g/mol. The molecular formula is C32H40O11. The van der Waals surface area contributed by atoms with Crippen molar-refractivity contribution in [3.63, 3.8) is 0 Å². The summed E-state index contributed by atoms with van der Waals surface area (Å²) in [6.07, 6.45) is -0.110. The summed E-state index contributed by atoms with van der Waals surface area (Å²) < 4.78 is 36.3. The predicted octanol–water partition coefficient (Wildman–Crippen LogP) is 3.66. The zero-order chi connectivity index (χ0) is 31.5. The van der Waals surface area contributed by atoms with E-state index in [-0.39, 0.29) is 30.6 Å². The smallest absolute Gasteiger partial charge is 0.310 e. The number of ketones is 1. The van der Waals surface area contributed by atoms with E-state index in [4.69, 9.17) is 28.1 Å². The summed E-state index contributed by atoms with van der Waals surface area (Å²) in [6, 6.07) is 1.85. The average molecular weight is 601 g/mol. The van der Waals surface area contributed by atoms with Crippen LogP contribution in [0, 0.1) is 28.1 Å². The number of ether oxygens (including phenoxy) is 5. The van der Waals surface area contributed by atoms with Crippen LogP contribution in [0.5, 0.6) is 0 Å². The summed E-state index contributed by atoms with van der Waals surface area (Å²) in [5.74, 6) is -4.30. The van der Waals surface area contributed by atoms with Crippen molar-refractivity contribution in [1.29, 1.82) is 0 Å². The van der Waals surface area contributed by atoms with E-state index >= 15 is 0 Å². The van der Waals surface area contributed by atoms with E-state index in [1.54, 1.807) is 26.4 Å². The largest absolute Gasteiger partial charge is 0.472 e. The van der Waals surface area contributed by atoms with Gasteiger partial charge in [-0.15, -0.1) is 0 Å². The zero-order valence-corrected chi connectivity index (χ0v) is 25.9. The predicted molar refractivity (Wildman–Crippen MR) is 146 cm³/mol. The first-order chi connectivity index (χ1) is 20.0. The number of carbonyl (C=O) groups is 5. The molecule has 234 valence electrons. The molecule has 2 aliphatic heterocycles. The molecule has 3 heterocycles. The molecule has 11 atom stereocenters. The third kappa shape index (κ3) is 3.66. The second-order valence-electron chi connectivity index (χ2n) is 14.2. The van der Waals surface area contributed by atoms with Crippen LogP contribution >= 0.6 is 0 Å². The standard InChI is InChI=1S/C32H40O11/c1-15(33)39-22-13-24(37)43-28(4,5)20-12-21(36)31(8)26(29(20,22)6)25(40-16(2)34)27(41-17(3)35)30(7)19(18-9-10-38-14-18)11-23-32(30,31)42-23/h9-10,14,19-20,22-23,25-27H,11-13H2,1-8H3/t19-,20-,22-,23+,25+,26+,27-,29+,30+,31+,32+/m0/s1. The normalized spacial score (nSPS) is 45.7. The van der Waals surface area contributed by atoms with Crippen molar-refractivity contribution in [2.45, 2.75) is 116 Å². The molecule has 0 aromatic carbocycles. The van der Waals surface area contributed by atoms with E-state index in [0.717, 1.165) is 5.56 Å². The van der Waals surface area contributed by atoms with Crippen LogP contribution in [-0.4, -0.2) is 65.3 Å². The van der Waals surface area contributed by atoms with Crippen LogP contribution in [0.2, 0.25) is 0 Å². The molecule has 0 amide bonds. The second-order valence-corrected chi connectivity index (χ2v) is 14.2. The van der Waals surface area contributed by atoms with Gasteiger partial charge in [0.25, 0.3) is 0 Å². The van der Waals surface area contributed by atoms with E-state index in [1.807, 2.05) is 26.8 Å². The SMILES string of the molecule is CC(=O)O[C@@H]1[C@@H]2[C@@]3(C)[C@@H](OC(C)=O)CC(=O)OC(C)(C)[C@@H]3CC(=O)[C@@]2(C)[C@@]23O[C@@H]2C[C@@H](c2ccoc2)[C@]3(C)[C@H]1OC(C)=O. The highest BCUT2D eigenvalue weighted by atomic mass is 16.6. The Hall–Kier alpha value is -3.21. The maximum absolute atomic E-state index is 14.8. The van der Waals surface area contributed by atoms with E-state index < -0.39 is 81.5 Å². The number of hydrogen-bond donors (Lipinski definition) is 0. The van der Waals surface area contributed by atoms with Crippen molar-refractivity contribution >= 4 is 29.7 Å². The summed E-state index contributed by atoms with van der Waals surface area (Å²) in [6.45, 7) is 13.0. The van der Waals surface area contributed by atoms with E-state index in [2.05, 4.69) is 0 Å². The van der Waals surface area contributed by atoms with Gasteiger partial charge in [0, 0.05) is 55.8 Å². The van der Waals surface area contributed by atoms with Gasteiger partial charge in [-0.3, -0.25) is 24.0 Å². The van der Waals surface area contributed by atoms with E-state index in [9.17, 15) is 24.0 Å². The van der Waals surface area contributed by atoms with Crippen molar-refractivity contribution in [3.05, 3.63) is 24.2 Å². The van der Waals surface area contributed by atoms with Gasteiger partial charge in [-0.2, -0.15) is 0 Å². The van der Waals surface area contributed by atoms with Crippen molar-refractivity contribution < 1.29 is 52.1 Å². The van der Waals surface area contributed by atoms with Crippen molar-refractivity contribution in [1.82, 2.24) is 0 Å². The topological polar surface area (TPSA) is 148 Å². The number of cyclic esters (lactones) is 1. The molecule has 0 bridgehead atoms. The highest BCUT2D eigenvalue weighted by molar-refractivity contribution is 5.90. The summed E-state index contributed by atoms with van der Waals surface area (Å²) in [7, 11) is 0. The fourth-order valence-corrected chi connectivity index (χ4v) is 10.5. The van der Waals surface area contributed by atoms with Gasteiger partial charge in [0.05, 0.1) is 30.5 Å². The highest BCUT2D eigenvalue weighted by Crippen LogP contribution is 2.82. The zero-order valence-electron chi connectivity index (χ0n) is 25.9. The molecule has 0 radical (unpaired) electrons. The van der Waals surface area contributed by atoms with Gasteiger partial charge >= 0.3 is 23.9 Å². The van der Waals surface area contributed by atoms with Crippen molar-refractivity contribution in [2.75, 3.05) is 0 Å². The minimum absolute atomic E-state index is 0.0108. The molecule has 2 saturated heterocycles. The third-order valence-electron chi connectivity index (χ3n) is 11.8. The van der Waals surface area contributed by atoms with Crippen molar-refractivity contribution in [3.8, 4) is 0 Å². The molecule has 11 nitrogen and oxygen atoms in total. The van der Waals surface area contributed by atoms with Crippen LogP contribution in [0.4, 0.5) is 0 Å². The number of carbonyl (C=O) groups excluding carboxylic acids is 5. The molecular weight excluding hydrogens is 560 g/mol. The first-order valence-corrected chi connectivity index (χ1v) is 14.9. The number of rotatable bonds is 4. The molecule has 0 N–H and O–H groups in total. The first-order valence-electron chi connectivity index (χ1n) is 14.9. The fourth-order valence-electron chi connectivity index (χ4n) is 10.5. The summed E-state index contributed by atoms with van der Waals surface area (Å²) in [5, 5.41) is 0. The van der Waals surface area contributed by atoms with Gasteiger partial charge in [-0.25, -0.2) is 0 Å². The van der Waals surface area contributed by atoms with Gasteiger partial charge in [-0.1, -0.05) is 13.8 Å². The van der Waals surface area contributed by atoms with Crippen LogP contribution in [0.25, 0.3) is 0 Å². The fraction of sp³-hybridized carbons (Fsp3) is 0.719. The molecule has 1 aromatic heterocycles. The Bertz CT molecular complexity index is 1400. The number of fused-ring (bicyclic) bond motifs is 3. The maximum Gasteiger partial charge on any atom is 0.310 e. The minimum Gasteiger partial charge on any atom is -0.472 e. The number of esters is 4. The number of hydrogen-bond acceptors (Lipinski definition) is 11. The van der Waals surface area contributed by atoms with Crippen molar-refractivity contribution in [2.24, 2.45) is 28.1 Å². The Balaban J connectivity index is 1.66. The second kappa shape index (κ2) is 9.15. The van der Waals surface area contributed by atoms with Crippen LogP contribution in [0.1, 0.15) is 86.1 Å². The highest BCUT2D eigenvalue weighted by Gasteiger charge is 2.92. The van der Waals surface area contributed by atoms with Crippen LogP contribution in [0.3, 0.4) is 0 Å². The number of Topliss-reactive ketones (excluding diaryl/α,β-unsaturated/α-hetero) is 1. The molecule has 0 unspecified atom stereocenters. The Morgan fingerprint density at radius 2 is 1.56 bits per heavy atom. The number of furan rings is 1. The Morgan fingerprint density at radius 3 is 2.14 bits per heavy atom. The quantitative estimate of drug-likeness (QED) is 0.283. The lowest BCUT2D eigenvalue weighted by Crippen LogP contribution is -2.78. The third-order valence-corrected chi connectivity index (χ3v) is 11.8. The summed E-state index contributed by atoms with van der Waals surface area (Å²) in [5.41, 5.74) is -4.89. The van der Waals surface area contributed by atoms with Gasteiger partial charge < -0.3 is 28.1 Å². The maximum atomic E-state index is 14.8. The van der Waals surface area contributed by atoms with Gasteiger partial charge in [0.1, 0.15) is 35.3 Å². The van der Waals surface area contributed by atoms with Gasteiger partial charge in [0.15, 0.2) is 0 Å². The molecule has 1 aromatic rings. The summed E-state index contributed by atoms with van der Waals surface area (Å²) >= 11 is 0. The van der Waals surface area contributed by atoms with Crippen LogP contribution in [0.15, 0.2) is 23.0 Å². The lowest BCUT2D eigenvalue weighted by molar-refractivity contribution is -0.280. The van der Waals surface area contributed by atoms with Crippen LogP contribution in [-0.2, 0) is 47.7 Å². The Labute approximate surface area is 250 Å². The molecule has 1 spiro atoms. The average Bonchev–Trinajstić information content (AvgIpc) is 3.26. The Kier molecular flexibility index (Phi) is 6.35. The van der Waals surface area contributed by atoms with E-state index in [1.165, 1.54) is 20.8 Å².